The number of carboxylic acids is 1. The summed E-state index contributed by atoms with van der Waals surface area (Å²) < 4.78 is 5.73. The van der Waals surface area contributed by atoms with Crippen LogP contribution in [0.1, 0.15) is 24.5 Å². The topological polar surface area (TPSA) is 72.5 Å². The lowest BCUT2D eigenvalue weighted by Gasteiger charge is -2.30. The van der Waals surface area contributed by atoms with E-state index in [9.17, 15) is 9.90 Å². The molecule has 0 spiro atoms. The molecule has 1 aliphatic heterocycles. The monoisotopic (exact) mass is 235 g/mol. The van der Waals surface area contributed by atoms with Crippen LogP contribution in [-0.2, 0) is 17.8 Å². The van der Waals surface area contributed by atoms with E-state index in [2.05, 4.69) is 0 Å². The van der Waals surface area contributed by atoms with E-state index < -0.39 is 11.9 Å². The summed E-state index contributed by atoms with van der Waals surface area (Å²) in [5.41, 5.74) is 7.53. The summed E-state index contributed by atoms with van der Waals surface area (Å²) in [5.74, 6) is -0.451. The molecule has 2 atom stereocenters. The van der Waals surface area contributed by atoms with Gasteiger partial charge < -0.3 is 15.6 Å². The van der Waals surface area contributed by atoms with Gasteiger partial charge in [-0.15, -0.1) is 0 Å². The second kappa shape index (κ2) is 4.75. The first-order valence-corrected chi connectivity index (χ1v) is 5.87. The van der Waals surface area contributed by atoms with Crippen LogP contribution in [0.4, 0.5) is 0 Å². The number of aliphatic carboxylic acids is 1. The molecule has 1 aromatic carbocycles. The van der Waals surface area contributed by atoms with Gasteiger partial charge in [-0.1, -0.05) is 19.1 Å². The largest absolute Gasteiger partial charge is 0.489 e. The summed E-state index contributed by atoms with van der Waals surface area (Å²) >= 11 is 0. The van der Waals surface area contributed by atoms with E-state index in [4.69, 9.17) is 10.5 Å². The fraction of sp³-hybridized carbons (Fsp3) is 0.462. The lowest BCUT2D eigenvalue weighted by atomic mass is 9.89. The average Bonchev–Trinajstić information content (AvgIpc) is 2.36. The van der Waals surface area contributed by atoms with Gasteiger partial charge in [0.25, 0.3) is 0 Å². The molecule has 92 valence electrons. The third-order valence-electron chi connectivity index (χ3n) is 3.25. The maximum atomic E-state index is 11.2. The standard InChI is InChI=1S/C13H17NO3/c1-2-11-10(13(15)16)6-9-5-8(7-14)3-4-12(9)17-11/h3-5,10-11H,2,6-7,14H2,1H3,(H,15,16). The summed E-state index contributed by atoms with van der Waals surface area (Å²) in [7, 11) is 0. The van der Waals surface area contributed by atoms with Gasteiger partial charge in [-0.3, -0.25) is 4.79 Å². The van der Waals surface area contributed by atoms with Crippen molar-refractivity contribution in [3.63, 3.8) is 0 Å². The van der Waals surface area contributed by atoms with Gasteiger partial charge in [0.1, 0.15) is 11.9 Å². The molecule has 4 heteroatoms. The minimum absolute atomic E-state index is 0.233. The number of ether oxygens (including phenoxy) is 1. The van der Waals surface area contributed by atoms with Gasteiger partial charge in [0, 0.05) is 6.54 Å². The molecule has 0 saturated carbocycles. The Morgan fingerprint density at radius 3 is 2.94 bits per heavy atom. The number of carboxylic acid groups (broad SMARTS) is 1. The zero-order chi connectivity index (χ0) is 12.4. The predicted octanol–water partition coefficient (Wildman–Crippen LogP) is 1.56. The van der Waals surface area contributed by atoms with Crippen molar-refractivity contribution in [3.05, 3.63) is 29.3 Å². The molecule has 2 rings (SSSR count). The van der Waals surface area contributed by atoms with E-state index in [1.54, 1.807) is 0 Å². The van der Waals surface area contributed by atoms with E-state index in [1.165, 1.54) is 0 Å². The van der Waals surface area contributed by atoms with Crippen molar-refractivity contribution in [1.29, 1.82) is 0 Å². The molecule has 17 heavy (non-hydrogen) atoms. The predicted molar refractivity (Wildman–Crippen MR) is 63.9 cm³/mol. The SMILES string of the molecule is CCC1Oc2ccc(CN)cc2CC1C(=O)O. The van der Waals surface area contributed by atoms with Gasteiger partial charge in [-0.05, 0) is 30.0 Å². The normalized spacial score (nSPS) is 22.7. The highest BCUT2D eigenvalue weighted by Crippen LogP contribution is 2.32. The highest BCUT2D eigenvalue weighted by Gasteiger charge is 2.33. The zero-order valence-electron chi connectivity index (χ0n) is 9.85. The van der Waals surface area contributed by atoms with Gasteiger partial charge in [-0.2, -0.15) is 0 Å². The van der Waals surface area contributed by atoms with Gasteiger partial charge in [-0.25, -0.2) is 0 Å². The molecule has 2 unspecified atom stereocenters. The molecule has 0 fully saturated rings. The van der Waals surface area contributed by atoms with Crippen molar-refractivity contribution >= 4 is 5.97 Å². The summed E-state index contributed by atoms with van der Waals surface area (Å²) in [4.78, 5) is 11.2. The molecule has 4 nitrogen and oxygen atoms in total. The molecule has 1 aromatic rings. The molecular weight excluding hydrogens is 218 g/mol. The van der Waals surface area contributed by atoms with Crippen LogP contribution in [-0.4, -0.2) is 17.2 Å². The molecule has 0 aromatic heterocycles. The first kappa shape index (κ1) is 11.9. The lowest BCUT2D eigenvalue weighted by Crippen LogP contribution is -2.37. The number of hydrogen-bond acceptors (Lipinski definition) is 3. The third kappa shape index (κ3) is 2.26. The number of fused-ring (bicyclic) bond motifs is 1. The van der Waals surface area contributed by atoms with E-state index in [0.717, 1.165) is 16.9 Å². The van der Waals surface area contributed by atoms with Crippen LogP contribution in [0.25, 0.3) is 0 Å². The maximum Gasteiger partial charge on any atom is 0.310 e. The fourth-order valence-electron chi connectivity index (χ4n) is 2.26. The van der Waals surface area contributed by atoms with Crippen LogP contribution >= 0.6 is 0 Å². The molecular formula is C13H17NO3. The van der Waals surface area contributed by atoms with Crippen LogP contribution in [0.2, 0.25) is 0 Å². The number of rotatable bonds is 3. The van der Waals surface area contributed by atoms with E-state index in [0.29, 0.717) is 19.4 Å². The Bertz CT molecular complexity index is 431. The van der Waals surface area contributed by atoms with E-state index in [1.807, 2.05) is 25.1 Å². The third-order valence-corrected chi connectivity index (χ3v) is 3.25. The van der Waals surface area contributed by atoms with Crippen LogP contribution in [0, 0.1) is 5.92 Å². The summed E-state index contributed by atoms with van der Waals surface area (Å²) in [5, 5.41) is 9.19. The Morgan fingerprint density at radius 1 is 1.59 bits per heavy atom. The van der Waals surface area contributed by atoms with Gasteiger partial charge in [0.15, 0.2) is 0 Å². The molecule has 0 saturated heterocycles. The van der Waals surface area contributed by atoms with Crippen molar-refractivity contribution < 1.29 is 14.6 Å². The second-order valence-electron chi connectivity index (χ2n) is 4.36. The first-order chi connectivity index (χ1) is 8.15. The summed E-state index contributed by atoms with van der Waals surface area (Å²) in [6.45, 7) is 2.40. The van der Waals surface area contributed by atoms with Crippen molar-refractivity contribution in [2.24, 2.45) is 11.7 Å². The Kier molecular flexibility index (Phi) is 3.33. The molecule has 3 N–H and O–H groups in total. The summed E-state index contributed by atoms with van der Waals surface area (Å²) in [6.07, 6.45) is 0.996. The molecule has 0 radical (unpaired) electrons. The zero-order valence-corrected chi connectivity index (χ0v) is 9.85. The minimum Gasteiger partial charge on any atom is -0.489 e. The van der Waals surface area contributed by atoms with Crippen LogP contribution in [0.5, 0.6) is 5.75 Å². The van der Waals surface area contributed by atoms with Crippen molar-refractivity contribution in [2.45, 2.75) is 32.4 Å². The number of benzene rings is 1. The highest BCUT2D eigenvalue weighted by molar-refractivity contribution is 5.72. The van der Waals surface area contributed by atoms with Gasteiger partial charge >= 0.3 is 5.97 Å². The number of carbonyl (C=O) groups is 1. The Morgan fingerprint density at radius 2 is 2.35 bits per heavy atom. The van der Waals surface area contributed by atoms with Gasteiger partial charge in [0.2, 0.25) is 0 Å². The van der Waals surface area contributed by atoms with Crippen LogP contribution < -0.4 is 10.5 Å². The maximum absolute atomic E-state index is 11.2. The second-order valence-corrected chi connectivity index (χ2v) is 4.36. The number of hydrogen-bond donors (Lipinski definition) is 2. The Balaban J connectivity index is 2.32. The first-order valence-electron chi connectivity index (χ1n) is 5.87. The molecule has 1 aliphatic rings. The molecule has 0 aliphatic carbocycles. The average molecular weight is 235 g/mol. The summed E-state index contributed by atoms with van der Waals surface area (Å²) in [6, 6.07) is 5.75. The number of nitrogens with two attached hydrogens (primary N) is 1. The van der Waals surface area contributed by atoms with Crippen LogP contribution in [0.15, 0.2) is 18.2 Å². The van der Waals surface area contributed by atoms with Crippen molar-refractivity contribution in [2.75, 3.05) is 0 Å². The van der Waals surface area contributed by atoms with E-state index in [-0.39, 0.29) is 6.10 Å². The molecule has 0 amide bonds. The van der Waals surface area contributed by atoms with Gasteiger partial charge in [0.05, 0.1) is 5.92 Å². The van der Waals surface area contributed by atoms with Crippen molar-refractivity contribution in [1.82, 2.24) is 0 Å². The minimum atomic E-state index is -0.791. The smallest absolute Gasteiger partial charge is 0.310 e. The highest BCUT2D eigenvalue weighted by atomic mass is 16.5. The Labute approximate surface area is 100 Å². The molecule has 0 bridgehead atoms. The fourth-order valence-corrected chi connectivity index (χ4v) is 2.26. The van der Waals surface area contributed by atoms with Crippen molar-refractivity contribution in [3.8, 4) is 5.75 Å². The lowest BCUT2D eigenvalue weighted by molar-refractivity contribution is -0.145. The quantitative estimate of drug-likeness (QED) is 0.834. The Hall–Kier alpha value is -1.55. The van der Waals surface area contributed by atoms with Crippen LogP contribution in [0.3, 0.4) is 0 Å². The van der Waals surface area contributed by atoms with E-state index >= 15 is 0 Å². The molecule has 1 heterocycles.